The second-order valence-electron chi connectivity index (χ2n) is 7.09. The number of phenolic OH excluding ortho intramolecular Hbond substituents is 2. The molecule has 1 atom stereocenters. The fourth-order valence-corrected chi connectivity index (χ4v) is 2.88. The van der Waals surface area contributed by atoms with Gasteiger partial charge in [-0.2, -0.15) is 0 Å². The van der Waals surface area contributed by atoms with E-state index < -0.39 is 35.1 Å². The zero-order valence-corrected chi connectivity index (χ0v) is 16.7. The van der Waals surface area contributed by atoms with Crippen LogP contribution in [0.3, 0.4) is 0 Å². The van der Waals surface area contributed by atoms with Crippen LogP contribution >= 0.6 is 0 Å². The highest BCUT2D eigenvalue weighted by molar-refractivity contribution is 6.24. The zero-order valence-electron chi connectivity index (χ0n) is 16.7. The van der Waals surface area contributed by atoms with E-state index in [2.05, 4.69) is 6.58 Å². The first-order chi connectivity index (χ1) is 13.6. The first kappa shape index (κ1) is 21.9. The molecule has 29 heavy (non-hydrogen) atoms. The molecule has 0 saturated heterocycles. The van der Waals surface area contributed by atoms with E-state index in [1.54, 1.807) is 19.1 Å². The van der Waals surface area contributed by atoms with Gasteiger partial charge in [0.1, 0.15) is 17.6 Å². The molecule has 0 unspecified atom stereocenters. The van der Waals surface area contributed by atoms with Crippen LogP contribution in [0.2, 0.25) is 0 Å². The van der Waals surface area contributed by atoms with Crippen LogP contribution < -0.4 is 0 Å². The van der Waals surface area contributed by atoms with Gasteiger partial charge < -0.3 is 14.9 Å². The Hall–Kier alpha value is -3.41. The fourth-order valence-electron chi connectivity index (χ4n) is 2.88. The number of ketones is 2. The summed E-state index contributed by atoms with van der Waals surface area (Å²) < 4.78 is 5.51. The Morgan fingerprint density at radius 2 is 1.76 bits per heavy atom. The number of esters is 1. The lowest BCUT2D eigenvalue weighted by Crippen LogP contribution is -2.16. The van der Waals surface area contributed by atoms with Crippen LogP contribution in [-0.2, 0) is 9.53 Å². The van der Waals surface area contributed by atoms with Crippen molar-refractivity contribution in [2.24, 2.45) is 0 Å². The standard InChI is InChI=1S/C23H24O6/c1-13(2)6-5-7-20(27)29-19(11-8-14(3)4)15-12-18(26)21-16(24)9-10-17(25)22(21)23(15)28/h5-6,8-10,12,19,26,28H,1,7,11H2,2-4H3/t19-/m1/s1. The van der Waals surface area contributed by atoms with Crippen LogP contribution in [-0.4, -0.2) is 27.7 Å². The van der Waals surface area contributed by atoms with Gasteiger partial charge >= 0.3 is 5.97 Å². The maximum Gasteiger partial charge on any atom is 0.310 e. The SMILES string of the molecule is C=C(C)C=CCC(=O)O[C@H](CC=C(C)C)c1cc(O)c2c(c1O)C(=O)C=CC2=O. The molecule has 1 aliphatic rings. The smallest absolute Gasteiger partial charge is 0.310 e. The van der Waals surface area contributed by atoms with Crippen molar-refractivity contribution in [2.45, 2.75) is 39.7 Å². The van der Waals surface area contributed by atoms with Gasteiger partial charge in [0, 0.05) is 12.0 Å². The van der Waals surface area contributed by atoms with Crippen LogP contribution in [0.25, 0.3) is 0 Å². The lowest BCUT2D eigenvalue weighted by atomic mass is 9.89. The molecule has 6 nitrogen and oxygen atoms in total. The van der Waals surface area contributed by atoms with Gasteiger partial charge in [-0.15, -0.1) is 0 Å². The molecule has 0 heterocycles. The van der Waals surface area contributed by atoms with Gasteiger partial charge in [0.2, 0.25) is 0 Å². The molecular formula is C23H24O6. The molecule has 1 aliphatic carbocycles. The van der Waals surface area contributed by atoms with Crippen molar-refractivity contribution < 1.29 is 29.3 Å². The first-order valence-electron chi connectivity index (χ1n) is 9.12. The van der Waals surface area contributed by atoms with Crippen molar-refractivity contribution in [1.29, 1.82) is 0 Å². The third-order valence-electron chi connectivity index (χ3n) is 4.24. The number of hydrogen-bond donors (Lipinski definition) is 2. The molecule has 0 spiro atoms. The van der Waals surface area contributed by atoms with E-state index in [0.29, 0.717) is 0 Å². The van der Waals surface area contributed by atoms with Crippen molar-refractivity contribution in [1.82, 2.24) is 0 Å². The molecule has 0 fully saturated rings. The molecule has 2 rings (SSSR count). The summed E-state index contributed by atoms with van der Waals surface area (Å²) >= 11 is 0. The molecule has 0 aliphatic heterocycles. The second kappa shape index (κ2) is 9.19. The molecule has 152 valence electrons. The van der Waals surface area contributed by atoms with Gasteiger partial charge in [0.15, 0.2) is 11.6 Å². The van der Waals surface area contributed by atoms with Crippen LogP contribution in [0, 0.1) is 0 Å². The number of aromatic hydroxyl groups is 2. The minimum absolute atomic E-state index is 0.00395. The van der Waals surface area contributed by atoms with Crippen molar-refractivity contribution in [2.75, 3.05) is 0 Å². The van der Waals surface area contributed by atoms with Crippen LogP contribution in [0.1, 0.15) is 66.0 Å². The number of carbonyl (C=O) groups is 3. The van der Waals surface area contributed by atoms with Crippen LogP contribution in [0.5, 0.6) is 11.5 Å². The van der Waals surface area contributed by atoms with Crippen molar-refractivity contribution >= 4 is 17.5 Å². The Morgan fingerprint density at radius 1 is 1.14 bits per heavy atom. The first-order valence-corrected chi connectivity index (χ1v) is 9.12. The topological polar surface area (TPSA) is 101 Å². The average molecular weight is 396 g/mol. The summed E-state index contributed by atoms with van der Waals surface area (Å²) in [4.78, 5) is 36.5. The Labute approximate surface area is 169 Å². The normalized spacial score (nSPS) is 13.9. The quantitative estimate of drug-likeness (QED) is 0.305. The van der Waals surface area contributed by atoms with Crippen molar-refractivity contribution in [3.8, 4) is 11.5 Å². The molecule has 0 amide bonds. The van der Waals surface area contributed by atoms with Crippen molar-refractivity contribution in [3.05, 3.63) is 70.9 Å². The van der Waals surface area contributed by atoms with Crippen LogP contribution in [0.15, 0.2) is 54.2 Å². The Balaban J connectivity index is 2.45. The van der Waals surface area contributed by atoms with Gasteiger partial charge in [0.05, 0.1) is 17.5 Å². The highest BCUT2D eigenvalue weighted by Crippen LogP contribution is 2.41. The number of ether oxygens (including phenoxy) is 1. The lowest BCUT2D eigenvalue weighted by molar-refractivity contribution is -0.148. The second-order valence-corrected chi connectivity index (χ2v) is 7.09. The minimum atomic E-state index is -0.944. The number of fused-ring (bicyclic) bond motifs is 1. The summed E-state index contributed by atoms with van der Waals surface area (Å²) in [6.45, 7) is 9.24. The third kappa shape index (κ3) is 5.31. The van der Waals surface area contributed by atoms with Gasteiger partial charge in [-0.1, -0.05) is 36.0 Å². The van der Waals surface area contributed by atoms with E-state index in [4.69, 9.17) is 4.74 Å². The monoisotopic (exact) mass is 396 g/mol. The lowest BCUT2D eigenvalue weighted by Gasteiger charge is -2.22. The predicted molar refractivity (Wildman–Crippen MR) is 109 cm³/mol. The molecule has 0 aromatic heterocycles. The summed E-state index contributed by atoms with van der Waals surface area (Å²) in [6.07, 6.45) is 6.46. The van der Waals surface area contributed by atoms with Gasteiger partial charge in [0.25, 0.3) is 0 Å². The zero-order chi connectivity index (χ0) is 21.7. The Bertz CT molecular complexity index is 958. The molecule has 0 bridgehead atoms. The molecule has 0 radical (unpaired) electrons. The number of benzene rings is 1. The van der Waals surface area contributed by atoms with Gasteiger partial charge in [-0.3, -0.25) is 14.4 Å². The maximum atomic E-state index is 12.3. The third-order valence-corrected chi connectivity index (χ3v) is 4.24. The molecular weight excluding hydrogens is 372 g/mol. The minimum Gasteiger partial charge on any atom is -0.507 e. The van der Waals surface area contributed by atoms with E-state index in [1.165, 1.54) is 6.07 Å². The van der Waals surface area contributed by atoms with Crippen LogP contribution in [0.4, 0.5) is 0 Å². The van der Waals surface area contributed by atoms with E-state index in [9.17, 15) is 24.6 Å². The summed E-state index contributed by atoms with van der Waals surface area (Å²) in [5.74, 6) is -2.66. The summed E-state index contributed by atoms with van der Waals surface area (Å²) in [5.41, 5.74) is 1.27. The summed E-state index contributed by atoms with van der Waals surface area (Å²) in [5, 5.41) is 21.0. The molecule has 0 saturated carbocycles. The molecule has 1 aromatic rings. The van der Waals surface area contributed by atoms with E-state index in [-0.39, 0.29) is 29.5 Å². The predicted octanol–water partition coefficient (Wildman–Crippen LogP) is 4.50. The molecule has 1 aromatic carbocycles. The average Bonchev–Trinajstić information content (AvgIpc) is 2.63. The largest absolute Gasteiger partial charge is 0.507 e. The maximum absolute atomic E-state index is 12.3. The highest BCUT2D eigenvalue weighted by Gasteiger charge is 2.31. The highest BCUT2D eigenvalue weighted by atomic mass is 16.5. The van der Waals surface area contributed by atoms with E-state index in [0.717, 1.165) is 23.3 Å². The van der Waals surface area contributed by atoms with Crippen molar-refractivity contribution in [3.63, 3.8) is 0 Å². The molecule has 6 heteroatoms. The Kier molecular flexibility index (Phi) is 6.93. The fraction of sp³-hybridized carbons (Fsp3) is 0.261. The van der Waals surface area contributed by atoms with E-state index >= 15 is 0 Å². The number of carbonyl (C=O) groups excluding carboxylic acids is 3. The summed E-state index contributed by atoms with van der Waals surface area (Å²) in [7, 11) is 0. The number of rotatable bonds is 7. The molecule has 2 N–H and O–H groups in total. The number of hydrogen-bond acceptors (Lipinski definition) is 6. The number of phenols is 2. The number of allylic oxidation sites excluding steroid dienone is 5. The Morgan fingerprint density at radius 3 is 2.34 bits per heavy atom. The van der Waals surface area contributed by atoms with E-state index in [1.807, 2.05) is 19.9 Å². The summed E-state index contributed by atoms with van der Waals surface area (Å²) in [6, 6.07) is 1.17. The van der Waals surface area contributed by atoms with Gasteiger partial charge in [-0.25, -0.2) is 0 Å². The van der Waals surface area contributed by atoms with Gasteiger partial charge in [-0.05, 0) is 39.0 Å².